The summed E-state index contributed by atoms with van der Waals surface area (Å²) in [5.41, 5.74) is 1.96. The van der Waals surface area contributed by atoms with Crippen molar-refractivity contribution < 1.29 is 13.9 Å². The minimum Gasteiger partial charge on any atom is -0.465 e. The van der Waals surface area contributed by atoms with Crippen molar-refractivity contribution in [2.45, 2.75) is 6.54 Å². The number of hydrogen-bond donors (Lipinski definition) is 1. The molecule has 0 saturated carbocycles. The third-order valence-electron chi connectivity index (χ3n) is 3.07. The number of aromatic nitrogens is 5. The number of methoxy groups -OCH3 is 1. The normalized spacial score (nSPS) is 10.5. The van der Waals surface area contributed by atoms with E-state index in [1.54, 1.807) is 30.1 Å². The van der Waals surface area contributed by atoms with E-state index in [1.807, 2.05) is 12.1 Å². The summed E-state index contributed by atoms with van der Waals surface area (Å²) in [5, 5.41) is 18.5. The summed E-state index contributed by atoms with van der Waals surface area (Å²) in [4.78, 5) is 11.4. The zero-order chi connectivity index (χ0) is 16.2. The van der Waals surface area contributed by atoms with Crippen molar-refractivity contribution in [2.75, 3.05) is 12.4 Å². The quantitative estimate of drug-likeness (QED) is 0.701. The predicted molar refractivity (Wildman–Crippen MR) is 79.4 cm³/mol. The van der Waals surface area contributed by atoms with Gasteiger partial charge in [-0.2, -0.15) is 0 Å². The summed E-state index contributed by atoms with van der Waals surface area (Å²) in [6, 6.07) is 7.31. The van der Waals surface area contributed by atoms with Crippen LogP contribution < -0.4 is 5.32 Å². The summed E-state index contributed by atoms with van der Waals surface area (Å²) in [6.07, 6.45) is 1.68. The lowest BCUT2D eigenvalue weighted by atomic mass is 10.1. The topological polar surface area (TPSA) is 108 Å². The number of carbonyl (C=O) groups is 1. The summed E-state index contributed by atoms with van der Waals surface area (Å²) in [7, 11) is 3.10. The van der Waals surface area contributed by atoms with Gasteiger partial charge in [-0.15, -0.1) is 10.2 Å². The SMILES string of the molecule is COC(=O)c1ccc(CNc2nnc(-c3cn(C)nn3)o2)cc1. The van der Waals surface area contributed by atoms with Crippen LogP contribution in [-0.2, 0) is 18.3 Å². The molecule has 9 nitrogen and oxygen atoms in total. The van der Waals surface area contributed by atoms with E-state index < -0.39 is 0 Å². The molecule has 3 aromatic rings. The van der Waals surface area contributed by atoms with Gasteiger partial charge in [-0.1, -0.05) is 22.4 Å². The molecule has 0 radical (unpaired) electrons. The number of ether oxygens (including phenoxy) is 1. The molecular formula is C14H14N6O3. The third kappa shape index (κ3) is 3.34. The number of anilines is 1. The van der Waals surface area contributed by atoms with Crippen molar-refractivity contribution in [3.63, 3.8) is 0 Å². The van der Waals surface area contributed by atoms with E-state index in [0.29, 0.717) is 23.7 Å². The first kappa shape index (κ1) is 14.7. The second-order valence-electron chi connectivity index (χ2n) is 4.73. The first-order valence-corrected chi connectivity index (χ1v) is 6.77. The minimum atomic E-state index is -0.366. The largest absolute Gasteiger partial charge is 0.465 e. The van der Waals surface area contributed by atoms with Crippen molar-refractivity contribution in [2.24, 2.45) is 7.05 Å². The Hall–Kier alpha value is -3.23. The zero-order valence-electron chi connectivity index (χ0n) is 12.6. The lowest BCUT2D eigenvalue weighted by molar-refractivity contribution is 0.0600. The molecule has 0 aliphatic carbocycles. The van der Waals surface area contributed by atoms with Crippen LogP contribution in [0.3, 0.4) is 0 Å². The fourth-order valence-electron chi connectivity index (χ4n) is 1.90. The molecule has 0 bridgehead atoms. The van der Waals surface area contributed by atoms with Crippen LogP contribution in [0.15, 0.2) is 34.9 Å². The maximum absolute atomic E-state index is 11.4. The fourth-order valence-corrected chi connectivity index (χ4v) is 1.90. The van der Waals surface area contributed by atoms with Crippen molar-refractivity contribution in [3.8, 4) is 11.6 Å². The Kier molecular flexibility index (Phi) is 4.00. The molecule has 0 saturated heterocycles. The second kappa shape index (κ2) is 6.26. The second-order valence-corrected chi connectivity index (χ2v) is 4.73. The molecule has 0 amide bonds. The maximum atomic E-state index is 11.4. The molecule has 1 aromatic carbocycles. The average molecular weight is 314 g/mol. The first-order chi connectivity index (χ1) is 11.2. The van der Waals surface area contributed by atoms with Crippen LogP contribution in [0.25, 0.3) is 11.6 Å². The molecule has 0 fully saturated rings. The van der Waals surface area contributed by atoms with Gasteiger partial charge in [0.15, 0.2) is 5.69 Å². The van der Waals surface area contributed by atoms with Gasteiger partial charge in [0.2, 0.25) is 0 Å². The molecule has 1 N–H and O–H groups in total. The molecule has 3 rings (SSSR count). The lowest BCUT2D eigenvalue weighted by Crippen LogP contribution is -2.03. The Balaban J connectivity index is 1.62. The highest BCUT2D eigenvalue weighted by atomic mass is 16.5. The molecule has 0 unspecified atom stereocenters. The molecule has 0 atom stereocenters. The number of aryl methyl sites for hydroxylation is 1. The van der Waals surface area contributed by atoms with Crippen LogP contribution in [0.2, 0.25) is 0 Å². The number of benzene rings is 1. The maximum Gasteiger partial charge on any atom is 0.337 e. The predicted octanol–water partition coefficient (Wildman–Crippen LogP) is 1.26. The lowest BCUT2D eigenvalue weighted by Gasteiger charge is -2.03. The first-order valence-electron chi connectivity index (χ1n) is 6.77. The van der Waals surface area contributed by atoms with Gasteiger partial charge in [-0.25, -0.2) is 4.79 Å². The van der Waals surface area contributed by atoms with Crippen molar-refractivity contribution in [3.05, 3.63) is 41.6 Å². The van der Waals surface area contributed by atoms with Crippen LogP contribution in [0.1, 0.15) is 15.9 Å². The van der Waals surface area contributed by atoms with Crippen LogP contribution in [-0.4, -0.2) is 38.3 Å². The van der Waals surface area contributed by atoms with Crippen LogP contribution in [0, 0.1) is 0 Å². The smallest absolute Gasteiger partial charge is 0.337 e. The van der Waals surface area contributed by atoms with Gasteiger partial charge in [0, 0.05) is 13.6 Å². The average Bonchev–Trinajstić information content (AvgIpc) is 3.21. The van der Waals surface area contributed by atoms with E-state index in [1.165, 1.54) is 7.11 Å². The molecule has 0 aliphatic heterocycles. The summed E-state index contributed by atoms with van der Waals surface area (Å²) in [5.74, 6) is -0.0725. The van der Waals surface area contributed by atoms with Gasteiger partial charge < -0.3 is 14.5 Å². The zero-order valence-corrected chi connectivity index (χ0v) is 12.6. The minimum absolute atomic E-state index is 0.280. The van der Waals surface area contributed by atoms with Gasteiger partial charge in [0.25, 0.3) is 5.89 Å². The highest BCUT2D eigenvalue weighted by molar-refractivity contribution is 5.89. The summed E-state index contributed by atoms with van der Waals surface area (Å²) < 4.78 is 11.7. The number of esters is 1. The Labute approximate surface area is 131 Å². The van der Waals surface area contributed by atoms with Gasteiger partial charge in [-0.05, 0) is 17.7 Å². The van der Waals surface area contributed by atoms with E-state index in [9.17, 15) is 4.79 Å². The van der Waals surface area contributed by atoms with Gasteiger partial charge in [0.1, 0.15) is 0 Å². The summed E-state index contributed by atoms with van der Waals surface area (Å²) >= 11 is 0. The van der Waals surface area contributed by atoms with Crippen molar-refractivity contribution >= 4 is 12.0 Å². The Bertz CT molecular complexity index is 808. The van der Waals surface area contributed by atoms with E-state index in [2.05, 4.69) is 30.6 Å². The van der Waals surface area contributed by atoms with E-state index >= 15 is 0 Å². The molecule has 0 aliphatic rings. The number of nitrogens with one attached hydrogen (secondary N) is 1. The Morgan fingerprint density at radius 3 is 2.70 bits per heavy atom. The molecule has 23 heavy (non-hydrogen) atoms. The van der Waals surface area contributed by atoms with Gasteiger partial charge >= 0.3 is 12.0 Å². The van der Waals surface area contributed by atoms with Crippen LogP contribution in [0.4, 0.5) is 6.01 Å². The molecular weight excluding hydrogens is 300 g/mol. The van der Waals surface area contributed by atoms with E-state index in [-0.39, 0.29) is 12.0 Å². The highest BCUT2D eigenvalue weighted by Gasteiger charge is 2.11. The van der Waals surface area contributed by atoms with Crippen molar-refractivity contribution in [1.82, 2.24) is 25.2 Å². The van der Waals surface area contributed by atoms with Crippen molar-refractivity contribution in [1.29, 1.82) is 0 Å². The number of rotatable bonds is 5. The highest BCUT2D eigenvalue weighted by Crippen LogP contribution is 2.17. The molecule has 118 valence electrons. The Morgan fingerprint density at radius 1 is 1.26 bits per heavy atom. The monoisotopic (exact) mass is 314 g/mol. The standard InChI is InChI=1S/C14H14N6O3/c1-20-8-11(16-19-20)12-17-18-14(23-12)15-7-9-3-5-10(6-4-9)13(21)22-2/h3-6,8H,7H2,1-2H3,(H,15,18). The third-order valence-corrected chi connectivity index (χ3v) is 3.07. The number of carbonyl (C=O) groups excluding carboxylic acids is 1. The van der Waals surface area contributed by atoms with Crippen LogP contribution >= 0.6 is 0 Å². The molecule has 9 heteroatoms. The molecule has 0 spiro atoms. The Morgan fingerprint density at radius 2 is 2.04 bits per heavy atom. The van der Waals surface area contributed by atoms with Crippen LogP contribution in [0.5, 0.6) is 0 Å². The van der Waals surface area contributed by atoms with Gasteiger partial charge in [0.05, 0.1) is 18.9 Å². The number of nitrogens with zero attached hydrogens (tertiary/aromatic N) is 5. The van der Waals surface area contributed by atoms with E-state index in [4.69, 9.17) is 4.42 Å². The molecule has 2 aromatic heterocycles. The van der Waals surface area contributed by atoms with Gasteiger partial charge in [-0.3, -0.25) is 4.68 Å². The molecule has 2 heterocycles. The van der Waals surface area contributed by atoms with E-state index in [0.717, 1.165) is 5.56 Å². The summed E-state index contributed by atoms with van der Waals surface area (Å²) in [6.45, 7) is 0.476. The number of hydrogen-bond acceptors (Lipinski definition) is 8. The fraction of sp³-hybridized carbons (Fsp3) is 0.214.